The van der Waals surface area contributed by atoms with E-state index < -0.39 is 0 Å². The number of aryl methyl sites for hydroxylation is 1. The van der Waals surface area contributed by atoms with Crippen LogP contribution in [0.2, 0.25) is 0 Å². The van der Waals surface area contributed by atoms with Crippen LogP contribution in [-0.4, -0.2) is 11.7 Å². The molecule has 0 atom stereocenters. The number of nitrogens with one attached hydrogen (secondary N) is 1. The molecule has 78 valence electrons. The first-order valence-corrected chi connectivity index (χ1v) is 5.23. The van der Waals surface area contributed by atoms with Crippen LogP contribution in [0.1, 0.15) is 30.9 Å². The maximum absolute atomic E-state index is 9.61. The summed E-state index contributed by atoms with van der Waals surface area (Å²) < 4.78 is 0. The maximum atomic E-state index is 9.61. The fourth-order valence-electron chi connectivity index (χ4n) is 1.35. The van der Waals surface area contributed by atoms with E-state index in [4.69, 9.17) is 0 Å². The highest BCUT2D eigenvalue weighted by Gasteiger charge is 1.99. The van der Waals surface area contributed by atoms with E-state index in [9.17, 15) is 5.11 Å². The topological polar surface area (TPSA) is 32.3 Å². The first kappa shape index (κ1) is 11.1. The highest BCUT2D eigenvalue weighted by atomic mass is 16.3. The lowest BCUT2D eigenvalue weighted by Gasteiger charge is -2.06. The van der Waals surface area contributed by atoms with Crippen LogP contribution in [0.25, 0.3) is 0 Å². The first-order valence-electron chi connectivity index (χ1n) is 5.23. The van der Waals surface area contributed by atoms with Crippen molar-refractivity contribution in [2.75, 3.05) is 6.54 Å². The molecule has 1 rings (SSSR count). The van der Waals surface area contributed by atoms with Crippen LogP contribution < -0.4 is 5.32 Å². The summed E-state index contributed by atoms with van der Waals surface area (Å²) >= 11 is 0. The van der Waals surface area contributed by atoms with Gasteiger partial charge in [-0.1, -0.05) is 25.5 Å². The number of hydrogen-bond acceptors (Lipinski definition) is 2. The molecular formula is C12H19NO. The van der Waals surface area contributed by atoms with Gasteiger partial charge in [0.1, 0.15) is 5.75 Å². The molecule has 0 aliphatic carbocycles. The van der Waals surface area contributed by atoms with Crippen LogP contribution in [0.4, 0.5) is 0 Å². The third-order valence-corrected chi connectivity index (χ3v) is 2.26. The normalized spacial score (nSPS) is 10.4. The third-order valence-electron chi connectivity index (χ3n) is 2.26. The molecule has 0 saturated carbocycles. The summed E-state index contributed by atoms with van der Waals surface area (Å²) in [6.07, 6.45) is 2.39. The minimum absolute atomic E-state index is 0.397. The van der Waals surface area contributed by atoms with Gasteiger partial charge in [0.25, 0.3) is 0 Å². The average Bonchev–Trinajstić information content (AvgIpc) is 2.15. The lowest BCUT2D eigenvalue weighted by atomic mass is 10.1. The van der Waals surface area contributed by atoms with Crippen molar-refractivity contribution in [2.45, 2.75) is 33.2 Å². The second-order valence-corrected chi connectivity index (χ2v) is 3.66. The van der Waals surface area contributed by atoms with Crippen LogP contribution in [0.15, 0.2) is 18.2 Å². The van der Waals surface area contributed by atoms with Crippen molar-refractivity contribution in [3.63, 3.8) is 0 Å². The predicted octanol–water partition coefficient (Wildman–Crippen LogP) is 2.59. The van der Waals surface area contributed by atoms with Crippen molar-refractivity contribution in [1.29, 1.82) is 0 Å². The molecule has 0 amide bonds. The van der Waals surface area contributed by atoms with E-state index in [1.165, 1.54) is 12.8 Å². The molecule has 2 nitrogen and oxygen atoms in total. The Hall–Kier alpha value is -1.02. The Morgan fingerprint density at radius 2 is 2.14 bits per heavy atom. The van der Waals surface area contributed by atoms with Gasteiger partial charge in [0.15, 0.2) is 0 Å². The van der Waals surface area contributed by atoms with Crippen molar-refractivity contribution in [3.05, 3.63) is 29.3 Å². The summed E-state index contributed by atoms with van der Waals surface area (Å²) in [6.45, 7) is 5.93. The van der Waals surface area contributed by atoms with Crippen LogP contribution in [-0.2, 0) is 6.54 Å². The van der Waals surface area contributed by atoms with Gasteiger partial charge in [-0.25, -0.2) is 0 Å². The Morgan fingerprint density at radius 3 is 2.79 bits per heavy atom. The highest BCUT2D eigenvalue weighted by Crippen LogP contribution is 2.17. The number of benzene rings is 1. The third kappa shape index (κ3) is 3.38. The average molecular weight is 193 g/mol. The summed E-state index contributed by atoms with van der Waals surface area (Å²) in [5.41, 5.74) is 2.08. The lowest BCUT2D eigenvalue weighted by molar-refractivity contribution is 0.463. The molecular weight excluding hydrogens is 174 g/mol. The highest BCUT2D eigenvalue weighted by molar-refractivity contribution is 5.35. The molecule has 0 aliphatic rings. The number of phenolic OH excluding ortho intramolecular Hbond substituents is 1. The van der Waals surface area contributed by atoms with E-state index in [1.54, 1.807) is 6.07 Å². The molecule has 0 aliphatic heterocycles. The van der Waals surface area contributed by atoms with Crippen LogP contribution in [0.3, 0.4) is 0 Å². The molecule has 0 radical (unpaired) electrons. The standard InChI is InChI=1S/C12H19NO/c1-3-4-7-13-9-11-6-5-10(2)8-12(11)14/h5-6,8,13-14H,3-4,7,9H2,1-2H3. The minimum atomic E-state index is 0.397. The van der Waals surface area contributed by atoms with Gasteiger partial charge in [-0.15, -0.1) is 0 Å². The van der Waals surface area contributed by atoms with Gasteiger partial charge >= 0.3 is 0 Å². The van der Waals surface area contributed by atoms with Gasteiger partial charge in [0, 0.05) is 12.1 Å². The fraction of sp³-hybridized carbons (Fsp3) is 0.500. The molecule has 0 unspecified atom stereocenters. The molecule has 1 aromatic rings. The van der Waals surface area contributed by atoms with E-state index in [0.717, 1.165) is 24.2 Å². The van der Waals surface area contributed by atoms with Gasteiger partial charge in [-0.05, 0) is 31.5 Å². The van der Waals surface area contributed by atoms with Crippen molar-refractivity contribution in [3.8, 4) is 5.75 Å². The van der Waals surface area contributed by atoms with Crippen molar-refractivity contribution in [2.24, 2.45) is 0 Å². The second kappa shape index (κ2) is 5.66. The van der Waals surface area contributed by atoms with E-state index in [-0.39, 0.29) is 0 Å². The molecule has 0 spiro atoms. The smallest absolute Gasteiger partial charge is 0.120 e. The van der Waals surface area contributed by atoms with Gasteiger partial charge in [0.05, 0.1) is 0 Å². The zero-order valence-electron chi connectivity index (χ0n) is 9.01. The van der Waals surface area contributed by atoms with Gasteiger partial charge in [-0.2, -0.15) is 0 Å². The molecule has 0 saturated heterocycles. The fourth-order valence-corrected chi connectivity index (χ4v) is 1.35. The van der Waals surface area contributed by atoms with Gasteiger partial charge in [-0.3, -0.25) is 0 Å². The molecule has 2 heteroatoms. The van der Waals surface area contributed by atoms with Crippen LogP contribution in [0, 0.1) is 6.92 Å². The Morgan fingerprint density at radius 1 is 1.36 bits per heavy atom. The van der Waals surface area contributed by atoms with E-state index in [2.05, 4.69) is 12.2 Å². The van der Waals surface area contributed by atoms with Crippen molar-refractivity contribution < 1.29 is 5.11 Å². The van der Waals surface area contributed by atoms with Crippen molar-refractivity contribution >= 4 is 0 Å². The molecule has 1 aromatic carbocycles. The largest absolute Gasteiger partial charge is 0.508 e. The number of unbranched alkanes of at least 4 members (excludes halogenated alkanes) is 1. The number of phenols is 1. The Kier molecular flexibility index (Phi) is 4.47. The summed E-state index contributed by atoms with van der Waals surface area (Å²) in [4.78, 5) is 0. The SMILES string of the molecule is CCCCNCc1ccc(C)cc1O. The second-order valence-electron chi connectivity index (χ2n) is 3.66. The van der Waals surface area contributed by atoms with E-state index >= 15 is 0 Å². The van der Waals surface area contributed by atoms with Gasteiger partial charge in [0.2, 0.25) is 0 Å². The molecule has 0 aromatic heterocycles. The predicted molar refractivity (Wildman–Crippen MR) is 59.5 cm³/mol. The molecule has 0 fully saturated rings. The summed E-state index contributed by atoms with van der Waals surface area (Å²) in [5, 5.41) is 12.9. The molecule has 0 bridgehead atoms. The van der Waals surface area contributed by atoms with Gasteiger partial charge < -0.3 is 10.4 Å². The molecule has 14 heavy (non-hydrogen) atoms. The quantitative estimate of drug-likeness (QED) is 0.704. The Balaban J connectivity index is 2.42. The zero-order valence-corrected chi connectivity index (χ0v) is 9.01. The van der Waals surface area contributed by atoms with Crippen LogP contribution >= 0.6 is 0 Å². The van der Waals surface area contributed by atoms with Crippen molar-refractivity contribution in [1.82, 2.24) is 5.32 Å². The minimum Gasteiger partial charge on any atom is -0.508 e. The number of aromatic hydroxyl groups is 1. The van der Waals surface area contributed by atoms with Crippen LogP contribution in [0.5, 0.6) is 5.75 Å². The molecule has 2 N–H and O–H groups in total. The van der Waals surface area contributed by atoms with E-state index in [1.807, 2.05) is 19.1 Å². The molecule has 0 heterocycles. The van der Waals surface area contributed by atoms with E-state index in [0.29, 0.717) is 5.75 Å². The summed E-state index contributed by atoms with van der Waals surface area (Å²) in [5.74, 6) is 0.397. The lowest BCUT2D eigenvalue weighted by Crippen LogP contribution is -2.14. The zero-order chi connectivity index (χ0) is 10.4. The number of rotatable bonds is 5. The number of hydrogen-bond donors (Lipinski definition) is 2. The monoisotopic (exact) mass is 193 g/mol. The Labute approximate surface area is 86.0 Å². The first-order chi connectivity index (χ1) is 6.74. The maximum Gasteiger partial charge on any atom is 0.120 e. The Bertz CT molecular complexity index is 284. The summed E-state index contributed by atoms with van der Waals surface area (Å²) in [7, 11) is 0. The summed E-state index contributed by atoms with van der Waals surface area (Å²) in [6, 6.07) is 5.80.